The number of ether oxygens (including phenoxy) is 3. The molecule has 6 heteroatoms. The van der Waals surface area contributed by atoms with E-state index in [9.17, 15) is 4.79 Å². The predicted molar refractivity (Wildman–Crippen MR) is 107 cm³/mol. The van der Waals surface area contributed by atoms with E-state index in [0.29, 0.717) is 12.5 Å². The molecule has 0 radical (unpaired) electrons. The minimum Gasteiger partial charge on any atom is -0.493 e. The third kappa shape index (κ3) is 3.48. The van der Waals surface area contributed by atoms with Crippen LogP contribution in [0.4, 0.5) is 0 Å². The van der Waals surface area contributed by atoms with E-state index in [2.05, 4.69) is 29.0 Å². The Morgan fingerprint density at radius 3 is 2.36 bits per heavy atom. The lowest BCUT2D eigenvalue weighted by molar-refractivity contribution is -0.146. The molecule has 154 valence electrons. The van der Waals surface area contributed by atoms with Crippen molar-refractivity contribution in [3.63, 3.8) is 0 Å². The number of methoxy groups -OCH3 is 2. The second kappa shape index (κ2) is 7.91. The van der Waals surface area contributed by atoms with Gasteiger partial charge in [-0.1, -0.05) is 0 Å². The van der Waals surface area contributed by atoms with E-state index in [0.717, 1.165) is 69.8 Å². The van der Waals surface area contributed by atoms with Gasteiger partial charge in [-0.15, -0.1) is 0 Å². The molecular weight excluding hydrogens is 356 g/mol. The molecule has 1 spiro atoms. The number of rotatable bonds is 3. The van der Waals surface area contributed by atoms with Gasteiger partial charge in [0, 0.05) is 19.0 Å². The SMILES string of the molecule is COc1cc2c(cc1OC)C1(CCN(C(=O)C3CCN(C)CC3)CC1)OCC2. The van der Waals surface area contributed by atoms with Gasteiger partial charge in [0.15, 0.2) is 11.5 Å². The Morgan fingerprint density at radius 2 is 1.71 bits per heavy atom. The van der Waals surface area contributed by atoms with Gasteiger partial charge < -0.3 is 24.0 Å². The van der Waals surface area contributed by atoms with Crippen molar-refractivity contribution >= 4 is 5.91 Å². The molecule has 3 aliphatic heterocycles. The number of benzene rings is 1. The summed E-state index contributed by atoms with van der Waals surface area (Å²) in [7, 11) is 5.47. The fourth-order valence-electron chi connectivity index (χ4n) is 5.00. The van der Waals surface area contributed by atoms with E-state index in [4.69, 9.17) is 14.2 Å². The zero-order chi connectivity index (χ0) is 19.7. The summed E-state index contributed by atoms with van der Waals surface area (Å²) in [5.41, 5.74) is 2.18. The van der Waals surface area contributed by atoms with Crippen LogP contribution in [0.2, 0.25) is 0 Å². The third-order valence-electron chi connectivity index (χ3n) is 6.80. The second-order valence-electron chi connectivity index (χ2n) is 8.36. The lowest BCUT2D eigenvalue weighted by Crippen LogP contribution is -2.50. The van der Waals surface area contributed by atoms with Crippen LogP contribution in [0.5, 0.6) is 11.5 Å². The number of fused-ring (bicyclic) bond motifs is 2. The highest BCUT2D eigenvalue weighted by molar-refractivity contribution is 5.79. The maximum atomic E-state index is 13.0. The molecule has 1 amide bonds. The zero-order valence-electron chi connectivity index (χ0n) is 17.3. The number of amides is 1. The Hall–Kier alpha value is -1.79. The van der Waals surface area contributed by atoms with Crippen molar-refractivity contribution < 1.29 is 19.0 Å². The average molecular weight is 389 g/mol. The molecule has 0 aliphatic carbocycles. The smallest absolute Gasteiger partial charge is 0.225 e. The molecule has 2 fully saturated rings. The summed E-state index contributed by atoms with van der Waals surface area (Å²) in [6.45, 7) is 4.28. The maximum absolute atomic E-state index is 13.0. The zero-order valence-corrected chi connectivity index (χ0v) is 17.3. The van der Waals surface area contributed by atoms with Crippen LogP contribution >= 0.6 is 0 Å². The van der Waals surface area contributed by atoms with Crippen LogP contribution in [0.3, 0.4) is 0 Å². The predicted octanol–water partition coefficient (Wildman–Crippen LogP) is 2.44. The van der Waals surface area contributed by atoms with Crippen molar-refractivity contribution in [2.75, 3.05) is 54.1 Å². The molecule has 0 N–H and O–H groups in total. The van der Waals surface area contributed by atoms with Gasteiger partial charge in [-0.3, -0.25) is 4.79 Å². The maximum Gasteiger partial charge on any atom is 0.225 e. The van der Waals surface area contributed by atoms with Gasteiger partial charge in [-0.25, -0.2) is 0 Å². The van der Waals surface area contributed by atoms with Crippen molar-refractivity contribution in [3.05, 3.63) is 23.3 Å². The van der Waals surface area contributed by atoms with Crippen molar-refractivity contribution in [2.24, 2.45) is 5.92 Å². The van der Waals surface area contributed by atoms with Gasteiger partial charge in [0.1, 0.15) is 0 Å². The number of likely N-dealkylation sites (tertiary alicyclic amines) is 2. The third-order valence-corrected chi connectivity index (χ3v) is 6.80. The summed E-state index contributed by atoms with van der Waals surface area (Å²) in [6.07, 6.45) is 4.53. The first-order valence-electron chi connectivity index (χ1n) is 10.4. The highest BCUT2D eigenvalue weighted by Crippen LogP contribution is 2.45. The Bertz CT molecular complexity index is 719. The monoisotopic (exact) mass is 388 g/mol. The highest BCUT2D eigenvalue weighted by Gasteiger charge is 2.43. The molecule has 1 aromatic rings. The Morgan fingerprint density at radius 1 is 1.07 bits per heavy atom. The van der Waals surface area contributed by atoms with Crippen molar-refractivity contribution in [1.82, 2.24) is 9.80 Å². The van der Waals surface area contributed by atoms with Gasteiger partial charge in [-0.05, 0) is 75.5 Å². The first-order valence-corrected chi connectivity index (χ1v) is 10.4. The first-order chi connectivity index (χ1) is 13.6. The van der Waals surface area contributed by atoms with Crippen LogP contribution in [0.1, 0.15) is 36.8 Å². The van der Waals surface area contributed by atoms with Crippen molar-refractivity contribution in [1.29, 1.82) is 0 Å². The van der Waals surface area contributed by atoms with Crippen LogP contribution in [-0.4, -0.2) is 69.8 Å². The van der Waals surface area contributed by atoms with E-state index in [1.54, 1.807) is 14.2 Å². The Labute approximate surface area is 167 Å². The minimum absolute atomic E-state index is 0.189. The number of piperidine rings is 2. The lowest BCUT2D eigenvalue weighted by Gasteiger charge is -2.46. The number of carbonyl (C=O) groups excluding carboxylic acids is 1. The highest BCUT2D eigenvalue weighted by atomic mass is 16.5. The summed E-state index contributed by atoms with van der Waals surface area (Å²) >= 11 is 0. The molecule has 3 aliphatic rings. The van der Waals surface area contributed by atoms with Gasteiger partial charge in [0.25, 0.3) is 0 Å². The van der Waals surface area contributed by atoms with Crippen molar-refractivity contribution in [3.8, 4) is 11.5 Å². The fraction of sp³-hybridized carbons (Fsp3) is 0.682. The first kappa shape index (κ1) is 19.5. The standard InChI is InChI=1S/C22H32N2O4/c1-23-9-4-16(5-10-23)21(25)24-11-7-22(8-12-24)18-15-20(27-3)19(26-2)14-17(18)6-13-28-22/h14-16H,4-13H2,1-3H3. The lowest BCUT2D eigenvalue weighted by atomic mass is 9.78. The molecule has 0 bridgehead atoms. The van der Waals surface area contributed by atoms with Crippen LogP contribution in [0.15, 0.2) is 12.1 Å². The normalized spacial score (nSPS) is 22.8. The quantitative estimate of drug-likeness (QED) is 0.796. The number of hydrogen-bond donors (Lipinski definition) is 0. The van der Waals surface area contributed by atoms with Gasteiger partial charge in [0.2, 0.25) is 5.91 Å². The number of nitrogens with zero attached hydrogens (tertiary/aromatic N) is 2. The van der Waals surface area contributed by atoms with E-state index in [1.807, 2.05) is 0 Å². The molecule has 3 heterocycles. The molecule has 0 saturated carbocycles. The number of carbonyl (C=O) groups is 1. The van der Waals surface area contributed by atoms with Gasteiger partial charge in [-0.2, -0.15) is 0 Å². The summed E-state index contributed by atoms with van der Waals surface area (Å²) in [4.78, 5) is 17.4. The topological polar surface area (TPSA) is 51.2 Å². The molecule has 6 nitrogen and oxygen atoms in total. The van der Waals surface area contributed by atoms with Crippen LogP contribution in [0, 0.1) is 5.92 Å². The molecule has 2 saturated heterocycles. The van der Waals surface area contributed by atoms with Crippen molar-refractivity contribution in [2.45, 2.75) is 37.7 Å². The van der Waals surface area contributed by atoms with E-state index < -0.39 is 0 Å². The summed E-state index contributed by atoms with van der Waals surface area (Å²) in [5.74, 6) is 2.05. The summed E-state index contributed by atoms with van der Waals surface area (Å²) in [5, 5.41) is 0. The summed E-state index contributed by atoms with van der Waals surface area (Å²) in [6, 6.07) is 4.18. The summed E-state index contributed by atoms with van der Waals surface area (Å²) < 4.78 is 17.4. The fourth-order valence-corrected chi connectivity index (χ4v) is 5.00. The van der Waals surface area contributed by atoms with E-state index >= 15 is 0 Å². The molecule has 4 rings (SSSR count). The molecule has 1 aromatic carbocycles. The molecule has 0 atom stereocenters. The van der Waals surface area contributed by atoms with Gasteiger partial charge in [0.05, 0.1) is 26.4 Å². The van der Waals surface area contributed by atoms with Crippen LogP contribution < -0.4 is 9.47 Å². The largest absolute Gasteiger partial charge is 0.493 e. The van der Waals surface area contributed by atoms with Crippen LogP contribution in [0.25, 0.3) is 0 Å². The minimum atomic E-state index is -0.309. The van der Waals surface area contributed by atoms with E-state index in [-0.39, 0.29) is 11.5 Å². The second-order valence-corrected chi connectivity index (χ2v) is 8.36. The molecule has 28 heavy (non-hydrogen) atoms. The van der Waals surface area contributed by atoms with Crippen LogP contribution in [-0.2, 0) is 21.6 Å². The number of hydrogen-bond acceptors (Lipinski definition) is 5. The molecular formula is C22H32N2O4. The Balaban J connectivity index is 1.49. The van der Waals surface area contributed by atoms with Gasteiger partial charge >= 0.3 is 0 Å². The molecule has 0 aromatic heterocycles. The average Bonchev–Trinajstić information content (AvgIpc) is 2.74. The van der Waals surface area contributed by atoms with E-state index in [1.165, 1.54) is 11.1 Å². The Kier molecular flexibility index (Phi) is 5.52. The molecule has 0 unspecified atom stereocenters.